The van der Waals surface area contributed by atoms with Gasteiger partial charge in [-0.15, -0.1) is 0 Å². The summed E-state index contributed by atoms with van der Waals surface area (Å²) in [6.45, 7) is 7.28. The Labute approximate surface area is 323 Å². The summed E-state index contributed by atoms with van der Waals surface area (Å²) in [7, 11) is 2.12. The van der Waals surface area contributed by atoms with Crippen LogP contribution in [0.1, 0.15) is 20.2 Å². The summed E-state index contributed by atoms with van der Waals surface area (Å²) in [5, 5.41) is 13.6. The second-order valence-corrected chi connectivity index (χ2v) is 14.6. The number of carbonyl (C=O) groups is 2. The molecule has 55 heavy (non-hydrogen) atoms. The van der Waals surface area contributed by atoms with Crippen LogP contribution in [0.15, 0.2) is 108 Å². The van der Waals surface area contributed by atoms with Gasteiger partial charge in [-0.2, -0.15) is 0 Å². The fourth-order valence-electron chi connectivity index (χ4n) is 6.59. The molecule has 3 aromatic carbocycles. The molecule has 6 N–H and O–H groups in total. The van der Waals surface area contributed by atoms with Gasteiger partial charge in [0.25, 0.3) is 11.8 Å². The van der Waals surface area contributed by atoms with E-state index in [1.165, 1.54) is 11.3 Å². The summed E-state index contributed by atoms with van der Waals surface area (Å²) in [5.74, 6) is 0.417. The van der Waals surface area contributed by atoms with E-state index in [0.29, 0.717) is 45.0 Å². The molecule has 0 spiro atoms. The number of likely N-dealkylation sites (N-methyl/N-ethyl adjacent to an activating group) is 1. The molecular weight excluding hydrogens is 713 g/mol. The molecule has 3 aromatic heterocycles. The molecule has 280 valence electrons. The first-order valence-corrected chi connectivity index (χ1v) is 19.1. The molecule has 0 unspecified atom stereocenters. The number of nitrogen functional groups attached to an aromatic ring is 1. The van der Waals surface area contributed by atoms with Crippen LogP contribution < -0.4 is 36.8 Å². The van der Waals surface area contributed by atoms with Crippen LogP contribution in [0.25, 0.3) is 22.5 Å². The van der Waals surface area contributed by atoms with Crippen molar-refractivity contribution in [1.82, 2.24) is 20.2 Å². The average molecular weight is 755 g/mol. The van der Waals surface area contributed by atoms with E-state index in [0.717, 1.165) is 79.9 Å². The van der Waals surface area contributed by atoms with Crippen LogP contribution in [-0.2, 0) is 0 Å². The van der Waals surface area contributed by atoms with Crippen LogP contribution in [0.4, 0.5) is 39.5 Å². The Hall–Kier alpha value is -6.22. The molecule has 5 heterocycles. The van der Waals surface area contributed by atoms with Crippen molar-refractivity contribution in [3.63, 3.8) is 0 Å². The molecule has 2 aliphatic heterocycles. The number of piperazine rings is 2. The van der Waals surface area contributed by atoms with Crippen molar-refractivity contribution in [2.24, 2.45) is 0 Å². The zero-order valence-electron chi connectivity index (χ0n) is 30.4. The molecule has 0 radical (unpaired) electrons. The highest BCUT2D eigenvalue weighted by molar-refractivity contribution is 7.17. The normalized spacial score (nSPS) is 14.8. The Morgan fingerprint density at radius 2 is 1.49 bits per heavy atom. The number of anilines is 7. The number of pyridine rings is 1. The fourth-order valence-corrected chi connectivity index (χ4v) is 7.46. The lowest BCUT2D eigenvalue weighted by Crippen LogP contribution is -2.44. The first-order valence-electron chi connectivity index (χ1n) is 18.3. The van der Waals surface area contributed by atoms with Gasteiger partial charge in [-0.1, -0.05) is 47.7 Å². The van der Waals surface area contributed by atoms with Crippen LogP contribution in [0, 0.1) is 0 Å². The number of carbonyl (C=O) groups excluding carboxylic acids is 2. The number of hydrogen-bond donors (Lipinski definition) is 5. The highest BCUT2D eigenvalue weighted by Gasteiger charge is 2.20. The third-order valence-electron chi connectivity index (χ3n) is 9.78. The largest absolute Gasteiger partial charge is 0.440 e. The molecule has 2 saturated heterocycles. The average Bonchev–Trinajstić information content (AvgIpc) is 3.92. The first-order chi connectivity index (χ1) is 26.9. The van der Waals surface area contributed by atoms with Crippen molar-refractivity contribution in [3.05, 3.63) is 114 Å². The van der Waals surface area contributed by atoms with E-state index >= 15 is 0 Å². The maximum Gasteiger partial charge on any atom is 0.274 e. The van der Waals surface area contributed by atoms with E-state index < -0.39 is 0 Å². The summed E-state index contributed by atoms with van der Waals surface area (Å²) in [6.07, 6.45) is 3.38. The van der Waals surface area contributed by atoms with Gasteiger partial charge in [-0.25, -0.2) is 9.97 Å². The molecule has 2 amide bonds. The Kier molecular flexibility index (Phi) is 10.4. The summed E-state index contributed by atoms with van der Waals surface area (Å²) in [4.78, 5) is 43.1. The van der Waals surface area contributed by atoms with E-state index in [-0.39, 0.29) is 11.8 Å². The van der Waals surface area contributed by atoms with Gasteiger partial charge in [0.15, 0.2) is 11.0 Å². The van der Waals surface area contributed by atoms with Crippen LogP contribution in [-0.4, -0.2) is 86.1 Å². The number of amides is 2. The Morgan fingerprint density at radius 1 is 0.727 bits per heavy atom. The third kappa shape index (κ3) is 8.31. The van der Waals surface area contributed by atoms with Crippen LogP contribution in [0.2, 0.25) is 0 Å². The van der Waals surface area contributed by atoms with E-state index in [2.05, 4.69) is 53.0 Å². The molecule has 13 nitrogen and oxygen atoms in total. The van der Waals surface area contributed by atoms with Crippen molar-refractivity contribution in [3.8, 4) is 22.5 Å². The number of hydrogen-bond acceptors (Lipinski definition) is 12. The van der Waals surface area contributed by atoms with Gasteiger partial charge in [0, 0.05) is 64.0 Å². The maximum atomic E-state index is 13.6. The zero-order chi connectivity index (χ0) is 37.7. The second-order valence-electron chi connectivity index (χ2n) is 13.6. The number of aromatic nitrogens is 2. The molecule has 8 rings (SSSR count). The number of nitrogens with one attached hydrogen (secondary N) is 4. The quantitative estimate of drug-likeness (QED) is 0.0979. The zero-order valence-corrected chi connectivity index (χ0v) is 31.2. The molecule has 0 bridgehead atoms. The van der Waals surface area contributed by atoms with Gasteiger partial charge in [0.2, 0.25) is 0 Å². The molecule has 0 aliphatic carbocycles. The number of nitrogens with zero attached hydrogens (tertiary/aromatic N) is 5. The van der Waals surface area contributed by atoms with Crippen molar-refractivity contribution in [2.75, 3.05) is 90.9 Å². The summed E-state index contributed by atoms with van der Waals surface area (Å²) in [5.41, 5.74) is 12.4. The number of nitrogens with two attached hydrogens (primary N) is 1. The van der Waals surface area contributed by atoms with E-state index in [9.17, 15) is 9.59 Å². The van der Waals surface area contributed by atoms with Crippen LogP contribution >= 0.6 is 11.3 Å². The first kappa shape index (κ1) is 35.8. The molecule has 14 heteroatoms. The Bertz CT molecular complexity index is 2280. The minimum absolute atomic E-state index is 0.245. The highest BCUT2D eigenvalue weighted by Crippen LogP contribution is 2.35. The monoisotopic (exact) mass is 754 g/mol. The van der Waals surface area contributed by atoms with Crippen molar-refractivity contribution in [1.29, 1.82) is 0 Å². The van der Waals surface area contributed by atoms with E-state index in [1.807, 2.05) is 72.8 Å². The molecular formula is C41H42N10O3S. The van der Waals surface area contributed by atoms with Gasteiger partial charge in [-0.05, 0) is 66.7 Å². The SMILES string of the molecule is CN1CCN(c2ccc(C(=O)Nc3cc(-c4ccc(Nc5ccc(-c6ccccc6)cc5NC(=O)c5cnc(N6CCNCC6)s5)o4)ccc3N)nc2)CC1. The molecule has 2 fully saturated rings. The predicted octanol–water partition coefficient (Wildman–Crippen LogP) is 6.46. The minimum atomic E-state index is -0.359. The second kappa shape index (κ2) is 16.0. The smallest absolute Gasteiger partial charge is 0.274 e. The molecule has 2 aliphatic rings. The van der Waals surface area contributed by atoms with E-state index in [4.69, 9.17) is 10.2 Å². The van der Waals surface area contributed by atoms with Gasteiger partial charge < -0.3 is 46.1 Å². The minimum Gasteiger partial charge on any atom is -0.440 e. The Morgan fingerprint density at radius 3 is 2.27 bits per heavy atom. The van der Waals surface area contributed by atoms with Crippen LogP contribution in [0.5, 0.6) is 0 Å². The summed E-state index contributed by atoms with van der Waals surface area (Å²) >= 11 is 1.38. The summed E-state index contributed by atoms with van der Waals surface area (Å²) < 4.78 is 6.25. The molecule has 6 aromatic rings. The maximum absolute atomic E-state index is 13.6. The van der Waals surface area contributed by atoms with Crippen molar-refractivity contribution in [2.45, 2.75) is 0 Å². The van der Waals surface area contributed by atoms with E-state index in [1.54, 1.807) is 30.6 Å². The number of furan rings is 1. The lowest BCUT2D eigenvalue weighted by molar-refractivity contribution is 0.101. The Balaban J connectivity index is 0.982. The number of rotatable bonds is 10. The van der Waals surface area contributed by atoms with Gasteiger partial charge in [0.05, 0.1) is 40.8 Å². The lowest BCUT2D eigenvalue weighted by Gasteiger charge is -2.33. The third-order valence-corrected chi connectivity index (χ3v) is 10.8. The van der Waals surface area contributed by atoms with Gasteiger partial charge in [0.1, 0.15) is 16.3 Å². The standard InChI is InChI=1S/C41H42N10O3S/c1-49-19-21-50(22-20-49)30-9-12-33(44-25-30)39(52)47-34-24-29(7-10-31(34)42)36-13-14-38(54-36)46-32-11-8-28(27-5-3-2-4-6-27)23-35(32)48-40(53)37-26-45-41(55-37)51-17-15-43-16-18-51/h2-14,23-26,43,46H,15-22,42H2,1H3,(H,47,52)(H,48,53). The molecule has 0 atom stereocenters. The fraction of sp³-hybridized carbons (Fsp3) is 0.220. The number of benzene rings is 3. The molecule has 0 saturated carbocycles. The van der Waals surface area contributed by atoms with Crippen LogP contribution in [0.3, 0.4) is 0 Å². The summed E-state index contributed by atoms with van der Waals surface area (Å²) in [6, 6.07) is 28.5. The number of thiazole rings is 1. The van der Waals surface area contributed by atoms with Gasteiger partial charge >= 0.3 is 0 Å². The topological polar surface area (TPSA) is 157 Å². The van der Waals surface area contributed by atoms with Crippen molar-refractivity contribution >= 4 is 62.6 Å². The predicted molar refractivity (Wildman–Crippen MR) is 221 cm³/mol. The van der Waals surface area contributed by atoms with Gasteiger partial charge in [-0.3, -0.25) is 9.59 Å². The highest BCUT2D eigenvalue weighted by atomic mass is 32.1. The lowest BCUT2D eigenvalue weighted by atomic mass is 10.0. The van der Waals surface area contributed by atoms with Crippen molar-refractivity contribution < 1.29 is 14.0 Å².